The zero-order valence-corrected chi connectivity index (χ0v) is 12.3. The van der Waals surface area contributed by atoms with E-state index in [1.54, 1.807) is 26.4 Å². The minimum atomic E-state index is -0.0765. The van der Waals surface area contributed by atoms with Crippen LogP contribution in [0.5, 0.6) is 0 Å². The summed E-state index contributed by atoms with van der Waals surface area (Å²) in [6.07, 6.45) is 1.66. The molecule has 0 aromatic carbocycles. The minimum absolute atomic E-state index is 0.0765. The van der Waals surface area contributed by atoms with Crippen molar-refractivity contribution in [3.8, 4) is 0 Å². The van der Waals surface area contributed by atoms with E-state index in [1.165, 1.54) is 4.90 Å². The number of carbonyl (C=O) groups excluding carboxylic acids is 1. The topological polar surface area (TPSA) is 48.5 Å². The minimum Gasteiger partial charge on any atom is -0.384 e. The van der Waals surface area contributed by atoms with Crippen LogP contribution in [-0.4, -0.2) is 61.0 Å². The third kappa shape index (κ3) is 4.87. The Hall–Kier alpha value is -1.62. The largest absolute Gasteiger partial charge is 0.384 e. The highest BCUT2D eigenvalue weighted by Crippen LogP contribution is 2.09. The van der Waals surface area contributed by atoms with Gasteiger partial charge in [0.1, 0.15) is 5.69 Å². The van der Waals surface area contributed by atoms with Gasteiger partial charge in [-0.1, -0.05) is 13.8 Å². The van der Waals surface area contributed by atoms with Crippen molar-refractivity contribution >= 4 is 11.6 Å². The summed E-state index contributed by atoms with van der Waals surface area (Å²) in [6.45, 7) is 8.28. The second-order valence-corrected chi connectivity index (χ2v) is 4.58. The Morgan fingerprint density at radius 2 is 2.00 bits per heavy atom. The molecule has 5 nitrogen and oxygen atoms in total. The Labute approximate surface area is 115 Å². The number of amides is 1. The van der Waals surface area contributed by atoms with Crippen LogP contribution in [0.1, 0.15) is 24.3 Å². The summed E-state index contributed by atoms with van der Waals surface area (Å²) in [5, 5.41) is 3.33. The number of hydrogen-bond acceptors (Lipinski definition) is 4. The average Bonchev–Trinajstić information content (AvgIpc) is 2.43. The Kier molecular flexibility index (Phi) is 6.29. The zero-order chi connectivity index (χ0) is 14.3. The van der Waals surface area contributed by atoms with Gasteiger partial charge in [-0.3, -0.25) is 9.78 Å². The van der Waals surface area contributed by atoms with Crippen LogP contribution in [-0.2, 0) is 0 Å². The van der Waals surface area contributed by atoms with E-state index >= 15 is 0 Å². The second kappa shape index (κ2) is 7.74. The summed E-state index contributed by atoms with van der Waals surface area (Å²) < 4.78 is 0. The van der Waals surface area contributed by atoms with Gasteiger partial charge in [0.2, 0.25) is 0 Å². The Balaban J connectivity index is 2.55. The summed E-state index contributed by atoms with van der Waals surface area (Å²) in [5.74, 6) is -0.0765. The molecule has 0 unspecified atom stereocenters. The van der Waals surface area contributed by atoms with Gasteiger partial charge < -0.3 is 15.1 Å². The fourth-order valence-electron chi connectivity index (χ4n) is 1.78. The molecule has 1 rings (SSSR count). The van der Waals surface area contributed by atoms with E-state index in [4.69, 9.17) is 0 Å². The van der Waals surface area contributed by atoms with Gasteiger partial charge in [-0.25, -0.2) is 0 Å². The van der Waals surface area contributed by atoms with E-state index in [9.17, 15) is 4.79 Å². The van der Waals surface area contributed by atoms with Gasteiger partial charge in [0, 0.05) is 39.1 Å². The number of pyridine rings is 1. The predicted molar refractivity (Wildman–Crippen MR) is 78.5 cm³/mol. The first-order valence-corrected chi connectivity index (χ1v) is 6.72. The predicted octanol–water partition coefficient (Wildman–Crippen LogP) is 1.54. The molecule has 0 saturated heterocycles. The molecule has 0 saturated carbocycles. The summed E-state index contributed by atoms with van der Waals surface area (Å²) in [5.41, 5.74) is 1.41. The number of carbonyl (C=O) groups is 1. The first-order chi connectivity index (χ1) is 9.08. The van der Waals surface area contributed by atoms with E-state index in [0.29, 0.717) is 5.69 Å². The van der Waals surface area contributed by atoms with E-state index in [1.807, 2.05) is 6.07 Å². The lowest BCUT2D eigenvalue weighted by Crippen LogP contribution is -2.28. The lowest BCUT2D eigenvalue weighted by molar-refractivity contribution is 0.0822. The average molecular weight is 264 g/mol. The van der Waals surface area contributed by atoms with E-state index < -0.39 is 0 Å². The molecular formula is C14H24N4O. The molecule has 19 heavy (non-hydrogen) atoms. The van der Waals surface area contributed by atoms with Gasteiger partial charge in [0.15, 0.2) is 0 Å². The van der Waals surface area contributed by atoms with Gasteiger partial charge in [-0.15, -0.1) is 0 Å². The lowest BCUT2D eigenvalue weighted by Gasteiger charge is -2.18. The molecule has 0 bridgehead atoms. The molecule has 1 aromatic rings. The number of likely N-dealkylation sites (N-methyl/N-ethyl adjacent to an activating group) is 1. The van der Waals surface area contributed by atoms with Gasteiger partial charge in [-0.05, 0) is 25.2 Å². The smallest absolute Gasteiger partial charge is 0.272 e. The summed E-state index contributed by atoms with van der Waals surface area (Å²) in [6, 6.07) is 3.68. The summed E-state index contributed by atoms with van der Waals surface area (Å²) >= 11 is 0. The number of aromatic nitrogens is 1. The molecule has 1 aromatic heterocycles. The summed E-state index contributed by atoms with van der Waals surface area (Å²) in [4.78, 5) is 19.8. The van der Waals surface area contributed by atoms with Gasteiger partial charge >= 0.3 is 0 Å². The fourth-order valence-corrected chi connectivity index (χ4v) is 1.78. The Morgan fingerprint density at radius 1 is 1.32 bits per heavy atom. The Morgan fingerprint density at radius 3 is 2.58 bits per heavy atom. The van der Waals surface area contributed by atoms with Crippen molar-refractivity contribution < 1.29 is 4.79 Å². The summed E-state index contributed by atoms with van der Waals surface area (Å²) in [7, 11) is 3.45. The number of hydrogen-bond donors (Lipinski definition) is 1. The van der Waals surface area contributed by atoms with Gasteiger partial charge in [-0.2, -0.15) is 0 Å². The van der Waals surface area contributed by atoms with Gasteiger partial charge in [0.25, 0.3) is 5.91 Å². The number of nitrogens with zero attached hydrogens (tertiary/aromatic N) is 3. The van der Waals surface area contributed by atoms with Crippen molar-refractivity contribution in [2.24, 2.45) is 0 Å². The molecule has 0 aliphatic carbocycles. The highest BCUT2D eigenvalue weighted by atomic mass is 16.2. The monoisotopic (exact) mass is 264 g/mol. The molecule has 1 heterocycles. The van der Waals surface area contributed by atoms with Crippen LogP contribution in [0, 0.1) is 0 Å². The maximum Gasteiger partial charge on any atom is 0.272 e. The lowest BCUT2D eigenvalue weighted by atomic mass is 10.3. The normalized spacial score (nSPS) is 10.6. The molecule has 0 spiro atoms. The molecule has 0 radical (unpaired) electrons. The van der Waals surface area contributed by atoms with Crippen LogP contribution in [0.15, 0.2) is 18.3 Å². The maximum absolute atomic E-state index is 11.8. The first kappa shape index (κ1) is 15.4. The molecule has 106 valence electrons. The van der Waals surface area contributed by atoms with Crippen molar-refractivity contribution in [1.82, 2.24) is 14.8 Å². The molecule has 0 atom stereocenters. The van der Waals surface area contributed by atoms with Crippen molar-refractivity contribution in [2.75, 3.05) is 45.6 Å². The highest BCUT2D eigenvalue weighted by Gasteiger charge is 2.09. The molecule has 5 heteroatoms. The number of rotatable bonds is 7. The van der Waals surface area contributed by atoms with E-state index in [-0.39, 0.29) is 5.91 Å². The second-order valence-electron chi connectivity index (χ2n) is 4.58. The van der Waals surface area contributed by atoms with Crippen LogP contribution in [0.2, 0.25) is 0 Å². The van der Waals surface area contributed by atoms with Crippen LogP contribution < -0.4 is 5.32 Å². The van der Waals surface area contributed by atoms with Crippen molar-refractivity contribution in [3.05, 3.63) is 24.0 Å². The number of anilines is 1. The zero-order valence-electron chi connectivity index (χ0n) is 12.3. The van der Waals surface area contributed by atoms with Crippen LogP contribution >= 0.6 is 0 Å². The van der Waals surface area contributed by atoms with Crippen LogP contribution in [0.4, 0.5) is 5.69 Å². The van der Waals surface area contributed by atoms with Crippen molar-refractivity contribution in [1.29, 1.82) is 0 Å². The first-order valence-electron chi connectivity index (χ1n) is 6.72. The highest BCUT2D eigenvalue weighted by molar-refractivity contribution is 5.92. The number of nitrogens with one attached hydrogen (secondary N) is 1. The molecule has 1 amide bonds. The van der Waals surface area contributed by atoms with E-state index in [0.717, 1.165) is 31.9 Å². The maximum atomic E-state index is 11.8. The van der Waals surface area contributed by atoms with Crippen molar-refractivity contribution in [3.63, 3.8) is 0 Å². The molecular weight excluding hydrogens is 240 g/mol. The molecule has 0 aliphatic heterocycles. The molecule has 1 N–H and O–H groups in total. The SMILES string of the molecule is CCN(CC)CCNc1ccnc(C(=O)N(C)C)c1. The Bertz CT molecular complexity index is 402. The molecule has 0 fully saturated rings. The van der Waals surface area contributed by atoms with Gasteiger partial charge in [0.05, 0.1) is 0 Å². The third-order valence-electron chi connectivity index (χ3n) is 3.04. The standard InChI is InChI=1S/C14H24N4O/c1-5-18(6-2)10-9-15-12-7-8-16-13(11-12)14(19)17(3)4/h7-8,11H,5-6,9-10H2,1-4H3,(H,15,16). The molecule has 0 aliphatic rings. The van der Waals surface area contributed by atoms with Crippen molar-refractivity contribution in [2.45, 2.75) is 13.8 Å². The fraction of sp³-hybridized carbons (Fsp3) is 0.571. The van der Waals surface area contributed by atoms with E-state index in [2.05, 4.69) is 29.0 Å². The van der Waals surface area contributed by atoms with Crippen LogP contribution in [0.3, 0.4) is 0 Å². The third-order valence-corrected chi connectivity index (χ3v) is 3.04. The quantitative estimate of drug-likeness (QED) is 0.811. The van der Waals surface area contributed by atoms with Crippen LogP contribution in [0.25, 0.3) is 0 Å².